The molecule has 2 heterocycles. The minimum atomic E-state index is -0.151. The van der Waals surface area contributed by atoms with E-state index in [9.17, 15) is 0 Å². The Morgan fingerprint density at radius 3 is 2.06 bits per heavy atom. The molecule has 0 aliphatic carbocycles. The average Bonchev–Trinajstić information content (AvgIpc) is 2.38. The fourth-order valence-electron chi connectivity index (χ4n) is 2.41. The summed E-state index contributed by atoms with van der Waals surface area (Å²) in [5, 5.41) is 0. The van der Waals surface area contributed by atoms with Crippen LogP contribution in [0.2, 0.25) is 0 Å². The Hall–Kier alpha value is -0.280. The van der Waals surface area contributed by atoms with E-state index < -0.39 is 0 Å². The number of hydrogen-bond donors (Lipinski definition) is 0. The van der Waals surface area contributed by atoms with E-state index >= 15 is 0 Å². The molecular weight excluding hydrogens is 222 g/mol. The third-order valence-corrected chi connectivity index (χ3v) is 3.82. The van der Waals surface area contributed by atoms with Crippen molar-refractivity contribution in [2.45, 2.75) is 44.1 Å². The molecule has 4 heteroatoms. The fourth-order valence-corrected chi connectivity index (χ4v) is 2.65. The van der Waals surface area contributed by atoms with E-state index in [0.717, 1.165) is 26.2 Å². The van der Waals surface area contributed by atoms with Crippen LogP contribution in [-0.4, -0.2) is 47.9 Å². The van der Waals surface area contributed by atoms with Gasteiger partial charge in [-0.25, -0.2) is 4.99 Å². The van der Waals surface area contributed by atoms with Crippen LogP contribution in [0.3, 0.4) is 0 Å². The predicted molar refractivity (Wildman–Crippen MR) is 69.0 cm³/mol. The van der Waals surface area contributed by atoms with Gasteiger partial charge in [-0.1, -0.05) is 18.0 Å². The normalized spacial score (nSPS) is 26.2. The molecule has 2 aliphatic rings. The number of halogens is 1. The summed E-state index contributed by atoms with van der Waals surface area (Å²) >= 11 is 6.28. The first kappa shape index (κ1) is 12.2. The van der Waals surface area contributed by atoms with Gasteiger partial charge >= 0.3 is 0 Å². The van der Waals surface area contributed by atoms with Crippen LogP contribution in [0.25, 0.3) is 0 Å². The third-order valence-electron chi connectivity index (χ3n) is 3.44. The van der Waals surface area contributed by atoms with E-state index in [2.05, 4.69) is 14.8 Å². The summed E-state index contributed by atoms with van der Waals surface area (Å²) in [6, 6.07) is 0. The molecule has 3 nitrogen and oxygen atoms in total. The minimum absolute atomic E-state index is 0.151. The number of rotatable bonds is 3. The molecule has 0 aromatic carbocycles. The molecule has 1 atom stereocenters. The van der Waals surface area contributed by atoms with Crippen molar-refractivity contribution in [3.63, 3.8) is 0 Å². The Labute approximate surface area is 103 Å². The summed E-state index contributed by atoms with van der Waals surface area (Å²) in [5.74, 6) is 0. The zero-order valence-corrected chi connectivity index (χ0v) is 10.7. The second-order valence-corrected chi connectivity index (χ2v) is 5.16. The molecule has 0 amide bonds. The topological polar surface area (TPSA) is 18.8 Å². The van der Waals surface area contributed by atoms with Crippen molar-refractivity contribution in [2.75, 3.05) is 26.2 Å². The molecule has 2 fully saturated rings. The zero-order valence-electron chi connectivity index (χ0n) is 9.95. The van der Waals surface area contributed by atoms with Gasteiger partial charge in [0.05, 0.1) is 6.34 Å². The highest BCUT2D eigenvalue weighted by Crippen LogP contribution is 2.15. The molecule has 0 aromatic heterocycles. The Morgan fingerprint density at radius 2 is 1.44 bits per heavy atom. The van der Waals surface area contributed by atoms with Crippen LogP contribution in [0.15, 0.2) is 4.99 Å². The largest absolute Gasteiger partial charge is 0.363 e. The van der Waals surface area contributed by atoms with Gasteiger partial charge in [-0.05, 0) is 32.1 Å². The van der Waals surface area contributed by atoms with E-state index in [1.54, 1.807) is 0 Å². The third kappa shape index (κ3) is 3.63. The van der Waals surface area contributed by atoms with Gasteiger partial charge in [-0.3, -0.25) is 4.90 Å². The molecule has 2 aliphatic heterocycles. The number of alkyl halides is 1. The van der Waals surface area contributed by atoms with E-state index in [0.29, 0.717) is 0 Å². The lowest BCUT2D eigenvalue weighted by Gasteiger charge is -2.29. The van der Waals surface area contributed by atoms with Gasteiger partial charge in [0.15, 0.2) is 5.62 Å². The molecule has 2 saturated heterocycles. The number of aliphatic imine (C=N–C) groups is 1. The van der Waals surface area contributed by atoms with E-state index in [1.807, 2.05) is 6.34 Å². The number of hydrogen-bond acceptors (Lipinski definition) is 2. The summed E-state index contributed by atoms with van der Waals surface area (Å²) < 4.78 is 0. The van der Waals surface area contributed by atoms with Crippen LogP contribution in [0.5, 0.6) is 0 Å². The van der Waals surface area contributed by atoms with Gasteiger partial charge in [0.2, 0.25) is 0 Å². The molecule has 16 heavy (non-hydrogen) atoms. The van der Waals surface area contributed by atoms with Crippen LogP contribution >= 0.6 is 11.6 Å². The maximum atomic E-state index is 6.28. The summed E-state index contributed by atoms with van der Waals surface area (Å²) in [4.78, 5) is 9.03. The molecule has 0 bridgehead atoms. The van der Waals surface area contributed by atoms with Gasteiger partial charge in [0.1, 0.15) is 0 Å². The van der Waals surface area contributed by atoms with Crippen LogP contribution in [0.1, 0.15) is 38.5 Å². The van der Waals surface area contributed by atoms with Crippen LogP contribution in [0, 0.1) is 0 Å². The molecule has 0 radical (unpaired) electrons. The van der Waals surface area contributed by atoms with Crippen molar-refractivity contribution in [1.29, 1.82) is 0 Å². The van der Waals surface area contributed by atoms with Gasteiger partial charge in [-0.15, -0.1) is 0 Å². The molecule has 1 unspecified atom stereocenters. The summed E-state index contributed by atoms with van der Waals surface area (Å²) in [6.45, 7) is 4.50. The molecule has 92 valence electrons. The maximum Gasteiger partial charge on any atom is 0.179 e. The van der Waals surface area contributed by atoms with Crippen LogP contribution in [-0.2, 0) is 0 Å². The Bertz CT molecular complexity index is 220. The predicted octanol–water partition coefficient (Wildman–Crippen LogP) is 2.51. The Balaban J connectivity index is 1.75. The van der Waals surface area contributed by atoms with Crippen LogP contribution < -0.4 is 0 Å². The Morgan fingerprint density at radius 1 is 0.875 bits per heavy atom. The van der Waals surface area contributed by atoms with E-state index in [1.165, 1.54) is 38.5 Å². The molecule has 0 saturated carbocycles. The molecule has 2 rings (SSSR count). The van der Waals surface area contributed by atoms with Crippen molar-refractivity contribution in [3.05, 3.63) is 0 Å². The van der Waals surface area contributed by atoms with Crippen molar-refractivity contribution in [2.24, 2.45) is 4.99 Å². The lowest BCUT2D eigenvalue weighted by atomic mass is 10.1. The lowest BCUT2D eigenvalue weighted by Crippen LogP contribution is -2.36. The van der Waals surface area contributed by atoms with Crippen molar-refractivity contribution in [1.82, 2.24) is 9.80 Å². The molecule has 0 N–H and O–H groups in total. The smallest absolute Gasteiger partial charge is 0.179 e. The highest BCUT2D eigenvalue weighted by molar-refractivity contribution is 6.20. The van der Waals surface area contributed by atoms with E-state index in [-0.39, 0.29) is 5.62 Å². The Kier molecular flexibility index (Phi) is 4.91. The first-order valence-corrected chi connectivity index (χ1v) is 6.95. The second-order valence-electron chi connectivity index (χ2n) is 4.77. The van der Waals surface area contributed by atoms with Gasteiger partial charge in [0.25, 0.3) is 0 Å². The average molecular weight is 244 g/mol. The second kappa shape index (κ2) is 6.45. The van der Waals surface area contributed by atoms with Crippen LogP contribution in [0.4, 0.5) is 0 Å². The number of likely N-dealkylation sites (tertiary alicyclic amines) is 2. The standard InChI is InChI=1S/C12H22ClN3/c13-12(16-9-5-2-6-10-16)14-11-15-7-3-1-4-8-15/h11-12H,1-10H2/b14-11-. The number of piperidine rings is 2. The maximum absolute atomic E-state index is 6.28. The molecular formula is C12H22ClN3. The summed E-state index contributed by atoms with van der Waals surface area (Å²) in [7, 11) is 0. The molecule has 0 aromatic rings. The summed E-state index contributed by atoms with van der Waals surface area (Å²) in [5.41, 5.74) is -0.151. The first-order chi connectivity index (χ1) is 7.86. The zero-order chi connectivity index (χ0) is 11.2. The van der Waals surface area contributed by atoms with Gasteiger partial charge < -0.3 is 4.90 Å². The van der Waals surface area contributed by atoms with E-state index in [4.69, 9.17) is 11.6 Å². The monoisotopic (exact) mass is 243 g/mol. The highest BCUT2D eigenvalue weighted by Gasteiger charge is 2.17. The molecule has 0 spiro atoms. The SMILES string of the molecule is ClC(/N=C\N1CCCCC1)N1CCCCC1. The number of nitrogens with zero attached hydrogens (tertiary/aromatic N) is 3. The highest BCUT2D eigenvalue weighted by atomic mass is 35.5. The quantitative estimate of drug-likeness (QED) is 0.328. The lowest BCUT2D eigenvalue weighted by molar-refractivity contribution is 0.212. The van der Waals surface area contributed by atoms with Crippen molar-refractivity contribution < 1.29 is 0 Å². The van der Waals surface area contributed by atoms with Gasteiger partial charge in [-0.2, -0.15) is 0 Å². The van der Waals surface area contributed by atoms with Gasteiger partial charge in [0, 0.05) is 26.2 Å². The van der Waals surface area contributed by atoms with Crippen molar-refractivity contribution in [3.8, 4) is 0 Å². The fraction of sp³-hybridized carbons (Fsp3) is 0.917. The summed E-state index contributed by atoms with van der Waals surface area (Å²) in [6.07, 6.45) is 9.79. The minimum Gasteiger partial charge on any atom is -0.363 e. The van der Waals surface area contributed by atoms with Crippen molar-refractivity contribution >= 4 is 17.9 Å². The first-order valence-electron chi connectivity index (χ1n) is 6.52.